The van der Waals surface area contributed by atoms with Gasteiger partial charge in [-0.3, -0.25) is 13.9 Å². The van der Waals surface area contributed by atoms with Gasteiger partial charge >= 0.3 is 5.69 Å². The number of aromatic nitrogens is 4. The van der Waals surface area contributed by atoms with Crippen LogP contribution in [0.25, 0.3) is 11.2 Å². The summed E-state index contributed by atoms with van der Waals surface area (Å²) in [5, 5.41) is 0. The van der Waals surface area contributed by atoms with Crippen molar-refractivity contribution in [2.45, 2.75) is 31.9 Å². The van der Waals surface area contributed by atoms with Crippen LogP contribution < -0.4 is 11.2 Å². The molecule has 1 unspecified atom stereocenters. The molecule has 3 rings (SSSR count). The van der Waals surface area contributed by atoms with Crippen molar-refractivity contribution >= 4 is 11.2 Å². The van der Waals surface area contributed by atoms with Crippen molar-refractivity contribution < 1.29 is 4.74 Å². The Kier molecular flexibility index (Phi) is 2.98. The molecule has 0 spiro atoms. The molecule has 1 saturated heterocycles. The highest BCUT2D eigenvalue weighted by Gasteiger charge is 2.21. The molecule has 19 heavy (non-hydrogen) atoms. The van der Waals surface area contributed by atoms with Gasteiger partial charge in [0.05, 0.1) is 19.0 Å². The Morgan fingerprint density at radius 1 is 1.47 bits per heavy atom. The van der Waals surface area contributed by atoms with Crippen molar-refractivity contribution in [1.29, 1.82) is 0 Å². The molecule has 0 saturated carbocycles. The molecule has 1 aliphatic rings. The number of hydrogen-bond acceptors (Lipinski definition) is 4. The highest BCUT2D eigenvalue weighted by atomic mass is 16.6. The second-order valence-electron chi connectivity index (χ2n) is 4.85. The number of rotatable bonds is 5. The monoisotopic (exact) mass is 264 g/mol. The van der Waals surface area contributed by atoms with E-state index in [1.165, 1.54) is 13.4 Å². The average Bonchev–Trinajstić information content (AvgIpc) is 3.10. The van der Waals surface area contributed by atoms with Crippen LogP contribution in [0.4, 0.5) is 0 Å². The summed E-state index contributed by atoms with van der Waals surface area (Å²) in [5.41, 5.74) is 0.177. The van der Waals surface area contributed by atoms with Gasteiger partial charge in [0.1, 0.15) is 5.52 Å². The summed E-state index contributed by atoms with van der Waals surface area (Å²) in [6.07, 6.45) is 4.78. The predicted molar refractivity (Wildman–Crippen MR) is 69.2 cm³/mol. The molecule has 1 aliphatic heterocycles. The second-order valence-corrected chi connectivity index (χ2v) is 4.85. The zero-order valence-corrected chi connectivity index (χ0v) is 10.8. The predicted octanol–water partition coefficient (Wildman–Crippen LogP) is -0.00760. The highest BCUT2D eigenvalue weighted by Crippen LogP contribution is 2.16. The molecule has 0 amide bonds. The minimum Gasteiger partial charge on any atom is -0.373 e. The van der Waals surface area contributed by atoms with E-state index in [1.54, 1.807) is 4.57 Å². The van der Waals surface area contributed by atoms with Crippen molar-refractivity contribution in [3.63, 3.8) is 0 Å². The summed E-state index contributed by atoms with van der Waals surface area (Å²) in [6.45, 7) is 1.43. The molecular formula is C12H16N4O3. The molecular weight excluding hydrogens is 248 g/mol. The number of ether oxygens (including phenoxy) is 1. The first-order chi connectivity index (χ1) is 9.18. The standard InChI is InChI=1S/C12H16N4O3/c1-15-11(17)9-10(14-7-13-9)16(12(15)18)5-3-2-4-8-6-19-8/h7-8H,2-6H2,1H3,(H,13,14). The van der Waals surface area contributed by atoms with Crippen LogP contribution in [0.5, 0.6) is 0 Å². The van der Waals surface area contributed by atoms with Gasteiger partial charge in [0.2, 0.25) is 0 Å². The Morgan fingerprint density at radius 3 is 3.00 bits per heavy atom. The van der Waals surface area contributed by atoms with Crippen molar-refractivity contribution in [3.8, 4) is 0 Å². The van der Waals surface area contributed by atoms with Crippen molar-refractivity contribution in [3.05, 3.63) is 27.2 Å². The van der Waals surface area contributed by atoms with Gasteiger partial charge in [-0.2, -0.15) is 0 Å². The van der Waals surface area contributed by atoms with E-state index in [1.807, 2.05) is 0 Å². The average molecular weight is 264 g/mol. The minimum absolute atomic E-state index is 0.313. The lowest BCUT2D eigenvalue weighted by atomic mass is 10.2. The van der Waals surface area contributed by atoms with Gasteiger partial charge in [-0.05, 0) is 19.3 Å². The number of epoxide rings is 1. The zero-order valence-electron chi connectivity index (χ0n) is 10.8. The molecule has 7 heteroatoms. The number of hydrogen-bond donors (Lipinski definition) is 1. The van der Waals surface area contributed by atoms with Crippen LogP contribution in [0.2, 0.25) is 0 Å². The maximum atomic E-state index is 12.1. The Hall–Kier alpha value is -1.89. The fourth-order valence-corrected chi connectivity index (χ4v) is 2.25. The number of aromatic amines is 1. The van der Waals surface area contributed by atoms with Crippen LogP contribution in [0.1, 0.15) is 19.3 Å². The molecule has 2 aromatic rings. The third-order valence-electron chi connectivity index (χ3n) is 3.47. The van der Waals surface area contributed by atoms with Gasteiger partial charge in [0.15, 0.2) is 5.65 Å². The van der Waals surface area contributed by atoms with E-state index >= 15 is 0 Å². The third-order valence-corrected chi connectivity index (χ3v) is 3.47. The summed E-state index contributed by atoms with van der Waals surface area (Å²) >= 11 is 0. The maximum absolute atomic E-state index is 12.1. The number of H-pyrrole nitrogens is 1. The van der Waals surface area contributed by atoms with Crippen LogP contribution in [-0.2, 0) is 18.3 Å². The number of aryl methyl sites for hydroxylation is 1. The Morgan fingerprint density at radius 2 is 2.26 bits per heavy atom. The molecule has 7 nitrogen and oxygen atoms in total. The molecule has 0 aliphatic carbocycles. The number of imidazole rings is 1. The number of nitrogens with one attached hydrogen (secondary N) is 1. The first-order valence-electron chi connectivity index (χ1n) is 6.43. The smallest absolute Gasteiger partial charge is 0.332 e. The van der Waals surface area contributed by atoms with Crippen LogP contribution in [0, 0.1) is 0 Å². The number of unbranched alkanes of at least 4 members (excludes halogenated alkanes) is 1. The summed E-state index contributed by atoms with van der Waals surface area (Å²) in [7, 11) is 1.49. The van der Waals surface area contributed by atoms with Gasteiger partial charge in [-0.25, -0.2) is 9.78 Å². The molecule has 0 radical (unpaired) electrons. The van der Waals surface area contributed by atoms with Crippen molar-refractivity contribution in [1.82, 2.24) is 19.1 Å². The third kappa shape index (κ3) is 2.21. The van der Waals surface area contributed by atoms with Gasteiger partial charge < -0.3 is 9.72 Å². The van der Waals surface area contributed by atoms with E-state index in [4.69, 9.17) is 4.74 Å². The number of nitrogens with zero attached hydrogens (tertiary/aromatic N) is 3. The molecule has 1 atom stereocenters. The van der Waals surface area contributed by atoms with E-state index < -0.39 is 0 Å². The lowest BCUT2D eigenvalue weighted by Crippen LogP contribution is -2.38. The molecule has 0 bridgehead atoms. The molecule has 1 fully saturated rings. The Bertz CT molecular complexity index is 708. The van der Waals surface area contributed by atoms with Crippen LogP contribution in [0.15, 0.2) is 15.9 Å². The SMILES string of the molecule is Cn1c(=O)c2[nH]cnc2n(CCCCC2CO2)c1=O. The van der Waals surface area contributed by atoms with E-state index in [-0.39, 0.29) is 11.2 Å². The molecule has 3 heterocycles. The maximum Gasteiger partial charge on any atom is 0.332 e. The van der Waals surface area contributed by atoms with E-state index in [2.05, 4.69) is 9.97 Å². The first-order valence-corrected chi connectivity index (χ1v) is 6.43. The van der Waals surface area contributed by atoms with Gasteiger partial charge in [0, 0.05) is 13.6 Å². The fraction of sp³-hybridized carbons (Fsp3) is 0.583. The summed E-state index contributed by atoms with van der Waals surface area (Å²) in [5.74, 6) is 0. The molecule has 0 aromatic carbocycles. The Balaban J connectivity index is 1.86. The zero-order chi connectivity index (χ0) is 13.4. The van der Waals surface area contributed by atoms with Crippen molar-refractivity contribution in [2.24, 2.45) is 7.05 Å². The van der Waals surface area contributed by atoms with Gasteiger partial charge in [0.25, 0.3) is 5.56 Å². The van der Waals surface area contributed by atoms with Crippen LogP contribution in [-0.4, -0.2) is 31.8 Å². The summed E-state index contributed by atoms with van der Waals surface area (Å²) in [6, 6.07) is 0. The lowest BCUT2D eigenvalue weighted by Gasteiger charge is -2.08. The van der Waals surface area contributed by atoms with Gasteiger partial charge in [-0.1, -0.05) is 0 Å². The lowest BCUT2D eigenvalue weighted by molar-refractivity contribution is 0.386. The van der Waals surface area contributed by atoms with Crippen LogP contribution >= 0.6 is 0 Å². The second kappa shape index (κ2) is 4.65. The fourth-order valence-electron chi connectivity index (χ4n) is 2.25. The molecule has 2 aromatic heterocycles. The summed E-state index contributed by atoms with van der Waals surface area (Å²) < 4.78 is 7.82. The van der Waals surface area contributed by atoms with Crippen molar-refractivity contribution in [2.75, 3.05) is 6.61 Å². The van der Waals surface area contributed by atoms with Crippen LogP contribution in [0.3, 0.4) is 0 Å². The first kappa shape index (κ1) is 12.2. The molecule has 1 N–H and O–H groups in total. The normalized spacial score (nSPS) is 18.1. The van der Waals surface area contributed by atoms with E-state index in [9.17, 15) is 9.59 Å². The highest BCUT2D eigenvalue weighted by molar-refractivity contribution is 5.68. The van der Waals surface area contributed by atoms with E-state index in [0.717, 1.165) is 30.4 Å². The largest absolute Gasteiger partial charge is 0.373 e. The topological polar surface area (TPSA) is 85.2 Å². The number of fused-ring (bicyclic) bond motifs is 1. The Labute approximate surface area is 108 Å². The summed E-state index contributed by atoms with van der Waals surface area (Å²) in [4.78, 5) is 30.8. The minimum atomic E-state index is -0.333. The quantitative estimate of drug-likeness (QED) is 0.608. The van der Waals surface area contributed by atoms with E-state index in [0.29, 0.717) is 23.8 Å². The molecule has 102 valence electrons. The van der Waals surface area contributed by atoms with Gasteiger partial charge in [-0.15, -0.1) is 0 Å².